The van der Waals surface area contributed by atoms with E-state index in [-0.39, 0.29) is 11.5 Å². The maximum Gasteiger partial charge on any atom is 0.291 e. The average molecular weight is 335 g/mol. The number of carbonyl (C=O) groups excluding carboxylic acids is 1. The van der Waals surface area contributed by atoms with Crippen LogP contribution in [0.3, 0.4) is 0 Å². The van der Waals surface area contributed by atoms with E-state index in [9.17, 15) is 9.59 Å². The van der Waals surface area contributed by atoms with Gasteiger partial charge in [-0.25, -0.2) is 0 Å². The van der Waals surface area contributed by atoms with Gasteiger partial charge in [0.2, 0.25) is 16.9 Å². The lowest BCUT2D eigenvalue weighted by Gasteiger charge is -2.14. The summed E-state index contributed by atoms with van der Waals surface area (Å²) in [5.74, 6) is 0.401. The summed E-state index contributed by atoms with van der Waals surface area (Å²) in [5, 5.41) is 2.60. The molecule has 1 aromatic carbocycles. The van der Waals surface area contributed by atoms with E-state index in [1.165, 1.54) is 28.4 Å². The standard InChI is InChI=1S/C16H17NO7/c1-20-11-5-9(6-12(21-2)15(11)23-4)17-16(19)13-7-10(18)14(22-3)8-24-13/h5-8H,1-4H3,(H,17,19). The molecule has 8 nitrogen and oxygen atoms in total. The quantitative estimate of drug-likeness (QED) is 0.861. The van der Waals surface area contributed by atoms with Crippen LogP contribution in [0.5, 0.6) is 23.0 Å². The molecule has 0 aliphatic carbocycles. The summed E-state index contributed by atoms with van der Waals surface area (Å²) in [6.45, 7) is 0. The maximum absolute atomic E-state index is 12.2. The van der Waals surface area contributed by atoms with Crippen LogP contribution in [0.15, 0.2) is 33.7 Å². The van der Waals surface area contributed by atoms with Crippen LogP contribution in [0.4, 0.5) is 5.69 Å². The molecule has 0 bridgehead atoms. The minimum Gasteiger partial charge on any atom is -0.493 e. The molecule has 0 spiro atoms. The van der Waals surface area contributed by atoms with Gasteiger partial charge in [-0.1, -0.05) is 0 Å². The molecule has 0 fully saturated rings. The largest absolute Gasteiger partial charge is 0.493 e. The maximum atomic E-state index is 12.2. The van der Waals surface area contributed by atoms with Crippen molar-refractivity contribution in [2.75, 3.05) is 33.8 Å². The zero-order valence-electron chi connectivity index (χ0n) is 13.7. The van der Waals surface area contributed by atoms with Crippen molar-refractivity contribution in [1.29, 1.82) is 0 Å². The fourth-order valence-corrected chi connectivity index (χ4v) is 2.01. The Hall–Kier alpha value is -3.16. The second-order valence-corrected chi connectivity index (χ2v) is 4.55. The SMILES string of the molecule is COc1cc(NC(=O)c2cc(=O)c(OC)co2)cc(OC)c1OC. The van der Waals surface area contributed by atoms with Crippen molar-refractivity contribution < 1.29 is 28.2 Å². The Kier molecular flexibility index (Phi) is 5.31. The molecule has 0 atom stereocenters. The lowest BCUT2D eigenvalue weighted by molar-refractivity contribution is 0.0993. The smallest absolute Gasteiger partial charge is 0.291 e. The highest BCUT2D eigenvalue weighted by molar-refractivity contribution is 6.02. The third-order valence-corrected chi connectivity index (χ3v) is 3.16. The summed E-state index contributed by atoms with van der Waals surface area (Å²) in [4.78, 5) is 23.9. The average Bonchev–Trinajstić information content (AvgIpc) is 2.60. The Balaban J connectivity index is 2.32. The van der Waals surface area contributed by atoms with Gasteiger partial charge in [0.05, 0.1) is 28.4 Å². The van der Waals surface area contributed by atoms with Crippen molar-refractivity contribution in [3.05, 3.63) is 40.4 Å². The number of benzene rings is 1. The summed E-state index contributed by atoms with van der Waals surface area (Å²) in [6.07, 6.45) is 1.08. The second kappa shape index (κ2) is 7.40. The van der Waals surface area contributed by atoms with Crippen LogP contribution in [-0.2, 0) is 0 Å². The highest BCUT2D eigenvalue weighted by Crippen LogP contribution is 2.39. The van der Waals surface area contributed by atoms with E-state index < -0.39 is 11.3 Å². The van der Waals surface area contributed by atoms with E-state index in [1.807, 2.05) is 0 Å². The molecule has 0 unspecified atom stereocenters. The highest BCUT2D eigenvalue weighted by atomic mass is 16.5. The minimum atomic E-state index is -0.607. The van der Waals surface area contributed by atoms with E-state index >= 15 is 0 Å². The van der Waals surface area contributed by atoms with Gasteiger partial charge in [0.25, 0.3) is 5.91 Å². The molecule has 8 heteroatoms. The highest BCUT2D eigenvalue weighted by Gasteiger charge is 2.17. The van der Waals surface area contributed by atoms with E-state index in [2.05, 4.69) is 5.32 Å². The lowest BCUT2D eigenvalue weighted by Crippen LogP contribution is -2.15. The van der Waals surface area contributed by atoms with Crippen LogP contribution >= 0.6 is 0 Å². The van der Waals surface area contributed by atoms with Gasteiger partial charge >= 0.3 is 0 Å². The first-order valence-corrected chi connectivity index (χ1v) is 6.82. The van der Waals surface area contributed by atoms with Crippen molar-refractivity contribution in [3.63, 3.8) is 0 Å². The van der Waals surface area contributed by atoms with E-state index in [0.29, 0.717) is 22.9 Å². The topological polar surface area (TPSA) is 96.2 Å². The number of rotatable bonds is 6. The molecule has 0 saturated carbocycles. The summed E-state index contributed by atoms with van der Waals surface area (Å²) in [7, 11) is 5.74. The Morgan fingerprint density at radius 3 is 1.96 bits per heavy atom. The summed E-state index contributed by atoms with van der Waals surface area (Å²) >= 11 is 0. The van der Waals surface area contributed by atoms with E-state index in [4.69, 9.17) is 23.4 Å². The number of carbonyl (C=O) groups is 1. The first-order chi connectivity index (χ1) is 11.5. The molecule has 2 rings (SSSR count). The number of hydrogen-bond acceptors (Lipinski definition) is 7. The molecule has 0 saturated heterocycles. The van der Waals surface area contributed by atoms with Crippen LogP contribution < -0.4 is 29.7 Å². The number of methoxy groups -OCH3 is 4. The molecule has 0 radical (unpaired) electrons. The summed E-state index contributed by atoms with van der Waals surface area (Å²) in [6, 6.07) is 4.16. The molecule has 24 heavy (non-hydrogen) atoms. The van der Waals surface area contributed by atoms with Crippen molar-refractivity contribution in [3.8, 4) is 23.0 Å². The fraction of sp³-hybridized carbons (Fsp3) is 0.250. The van der Waals surface area contributed by atoms with Crippen molar-refractivity contribution in [2.45, 2.75) is 0 Å². The number of nitrogens with one attached hydrogen (secondary N) is 1. The first-order valence-electron chi connectivity index (χ1n) is 6.82. The Labute approximate surface area is 137 Å². The van der Waals surface area contributed by atoms with Crippen LogP contribution in [-0.4, -0.2) is 34.3 Å². The van der Waals surface area contributed by atoms with Crippen molar-refractivity contribution >= 4 is 11.6 Å². The molecule has 2 aromatic rings. The third-order valence-electron chi connectivity index (χ3n) is 3.16. The Morgan fingerprint density at radius 1 is 0.917 bits per heavy atom. The number of hydrogen-bond donors (Lipinski definition) is 1. The molecular formula is C16H17NO7. The van der Waals surface area contributed by atoms with Gasteiger partial charge in [-0.3, -0.25) is 9.59 Å². The molecule has 0 aliphatic rings. The molecule has 1 aromatic heterocycles. The molecule has 0 aliphatic heterocycles. The fourth-order valence-electron chi connectivity index (χ4n) is 2.01. The Bertz CT molecular complexity index is 772. The third kappa shape index (κ3) is 3.43. The lowest BCUT2D eigenvalue weighted by atomic mass is 10.2. The van der Waals surface area contributed by atoms with Gasteiger partial charge in [0, 0.05) is 23.9 Å². The van der Waals surface area contributed by atoms with Crippen LogP contribution in [0.2, 0.25) is 0 Å². The molecule has 1 N–H and O–H groups in total. The molecular weight excluding hydrogens is 318 g/mol. The summed E-state index contributed by atoms with van der Waals surface area (Å²) in [5.41, 5.74) is -0.0771. The first kappa shape index (κ1) is 17.2. The number of amides is 1. The van der Waals surface area contributed by atoms with E-state index in [0.717, 1.165) is 12.3 Å². The number of ether oxygens (including phenoxy) is 4. The zero-order valence-corrected chi connectivity index (χ0v) is 13.7. The van der Waals surface area contributed by atoms with Gasteiger partial charge in [-0.2, -0.15) is 0 Å². The predicted molar refractivity (Wildman–Crippen MR) is 85.6 cm³/mol. The van der Waals surface area contributed by atoms with Crippen molar-refractivity contribution in [1.82, 2.24) is 0 Å². The van der Waals surface area contributed by atoms with Crippen LogP contribution in [0, 0.1) is 0 Å². The van der Waals surface area contributed by atoms with Gasteiger partial charge in [-0.05, 0) is 0 Å². The van der Waals surface area contributed by atoms with Crippen molar-refractivity contribution in [2.24, 2.45) is 0 Å². The second-order valence-electron chi connectivity index (χ2n) is 4.55. The van der Waals surface area contributed by atoms with E-state index in [1.54, 1.807) is 12.1 Å². The monoisotopic (exact) mass is 335 g/mol. The minimum absolute atomic E-state index is 0.0133. The van der Waals surface area contributed by atoms with Crippen LogP contribution in [0.1, 0.15) is 10.6 Å². The summed E-state index contributed by atoms with van der Waals surface area (Å²) < 4.78 is 25.5. The Morgan fingerprint density at radius 2 is 1.50 bits per heavy atom. The molecule has 128 valence electrons. The number of anilines is 1. The van der Waals surface area contributed by atoms with Crippen LogP contribution in [0.25, 0.3) is 0 Å². The zero-order chi connectivity index (χ0) is 17.7. The predicted octanol–water partition coefficient (Wildman–Crippen LogP) is 1.93. The normalized spacial score (nSPS) is 10.0. The molecule has 1 heterocycles. The van der Waals surface area contributed by atoms with Gasteiger partial charge < -0.3 is 28.7 Å². The van der Waals surface area contributed by atoms with Gasteiger partial charge in [0.15, 0.2) is 17.3 Å². The van der Waals surface area contributed by atoms with Gasteiger partial charge in [0.1, 0.15) is 6.26 Å². The van der Waals surface area contributed by atoms with Gasteiger partial charge in [-0.15, -0.1) is 0 Å². The molecule has 1 amide bonds.